The summed E-state index contributed by atoms with van der Waals surface area (Å²) in [5, 5.41) is 9.30. The average Bonchev–Trinajstić information content (AvgIpc) is 2.70. The molecule has 4 N–H and O–H groups in total. The smallest absolute Gasteiger partial charge is 0.134 e. The van der Waals surface area contributed by atoms with Crippen molar-refractivity contribution in [2.24, 2.45) is 5.73 Å². The van der Waals surface area contributed by atoms with E-state index in [9.17, 15) is 0 Å². The Labute approximate surface area is 166 Å². The summed E-state index contributed by atoms with van der Waals surface area (Å²) in [6.07, 6.45) is 6.30. The van der Waals surface area contributed by atoms with Crippen LogP contribution in [-0.4, -0.2) is 28.1 Å². The Bertz CT molecular complexity index is 930. The van der Waals surface area contributed by atoms with Crippen molar-refractivity contribution in [1.29, 1.82) is 0 Å². The number of anilines is 2. The van der Waals surface area contributed by atoms with Gasteiger partial charge in [-0.05, 0) is 51.7 Å². The molecule has 1 saturated carbocycles. The first kappa shape index (κ1) is 18.7. The summed E-state index contributed by atoms with van der Waals surface area (Å²) in [5.41, 5.74) is 8.10. The molecule has 0 bridgehead atoms. The van der Waals surface area contributed by atoms with Crippen LogP contribution in [0.3, 0.4) is 0 Å². The van der Waals surface area contributed by atoms with Crippen molar-refractivity contribution in [3.8, 4) is 11.3 Å². The molecule has 0 aliphatic heterocycles. The zero-order valence-electron chi connectivity index (χ0n) is 16.7. The lowest BCUT2D eigenvalue weighted by Gasteiger charge is -2.27. The molecular formula is C23H29N5. The van der Waals surface area contributed by atoms with E-state index in [0.29, 0.717) is 18.1 Å². The van der Waals surface area contributed by atoms with Crippen molar-refractivity contribution in [2.45, 2.75) is 57.7 Å². The van der Waals surface area contributed by atoms with Crippen LogP contribution in [0.4, 0.5) is 11.6 Å². The molecule has 2 aromatic heterocycles. The highest BCUT2D eigenvalue weighted by Gasteiger charge is 2.19. The average molecular weight is 376 g/mol. The first-order chi connectivity index (χ1) is 13.6. The van der Waals surface area contributed by atoms with Crippen molar-refractivity contribution in [2.75, 3.05) is 10.6 Å². The van der Waals surface area contributed by atoms with E-state index in [0.717, 1.165) is 59.3 Å². The topological polar surface area (TPSA) is 75.9 Å². The second kappa shape index (κ2) is 8.15. The fourth-order valence-electron chi connectivity index (χ4n) is 3.84. The van der Waals surface area contributed by atoms with E-state index in [2.05, 4.69) is 53.7 Å². The summed E-state index contributed by atoms with van der Waals surface area (Å²) < 4.78 is 0. The number of rotatable bonds is 5. The summed E-state index contributed by atoms with van der Waals surface area (Å²) in [6.45, 7) is 4.27. The van der Waals surface area contributed by atoms with Gasteiger partial charge in [0.25, 0.3) is 0 Å². The summed E-state index contributed by atoms with van der Waals surface area (Å²) in [6, 6.07) is 15.6. The van der Waals surface area contributed by atoms with Crippen molar-refractivity contribution >= 4 is 22.4 Å². The van der Waals surface area contributed by atoms with Gasteiger partial charge in [0.05, 0.1) is 5.69 Å². The van der Waals surface area contributed by atoms with E-state index < -0.39 is 0 Å². The third kappa shape index (κ3) is 4.25. The van der Waals surface area contributed by atoms with Gasteiger partial charge in [0.15, 0.2) is 0 Å². The van der Waals surface area contributed by atoms with Gasteiger partial charge in [-0.2, -0.15) is 0 Å². The van der Waals surface area contributed by atoms with Crippen LogP contribution >= 0.6 is 0 Å². The Kier molecular flexibility index (Phi) is 5.44. The standard InChI is InChI=1S/C23H29N5/c1-15(2)26-23-20-13-22(27-19-10-8-18(24)9-11-19)25-14-17(20)12-21(28-23)16-6-4-3-5-7-16/h3-7,12-15,18-19H,8-11,24H2,1-2H3,(H,25,27)(H,26,28). The predicted octanol–water partition coefficient (Wildman–Crippen LogP) is 4.80. The number of fused-ring (bicyclic) bond motifs is 1. The number of hydrogen-bond donors (Lipinski definition) is 3. The minimum Gasteiger partial charge on any atom is -0.367 e. The molecule has 4 rings (SSSR count). The van der Waals surface area contributed by atoms with Gasteiger partial charge in [0.2, 0.25) is 0 Å². The van der Waals surface area contributed by atoms with Crippen LogP contribution in [0.1, 0.15) is 39.5 Å². The van der Waals surface area contributed by atoms with Gasteiger partial charge in [-0.3, -0.25) is 0 Å². The Morgan fingerprint density at radius 2 is 1.79 bits per heavy atom. The molecule has 0 saturated heterocycles. The van der Waals surface area contributed by atoms with E-state index in [1.54, 1.807) is 0 Å². The van der Waals surface area contributed by atoms with Gasteiger partial charge < -0.3 is 16.4 Å². The minimum absolute atomic E-state index is 0.297. The minimum atomic E-state index is 0.297. The zero-order chi connectivity index (χ0) is 19.5. The first-order valence-electron chi connectivity index (χ1n) is 10.2. The van der Waals surface area contributed by atoms with Gasteiger partial charge in [-0.25, -0.2) is 9.97 Å². The van der Waals surface area contributed by atoms with Gasteiger partial charge in [-0.15, -0.1) is 0 Å². The van der Waals surface area contributed by atoms with Crippen molar-refractivity contribution in [3.05, 3.63) is 48.7 Å². The summed E-state index contributed by atoms with van der Waals surface area (Å²) in [4.78, 5) is 9.60. The van der Waals surface area contributed by atoms with E-state index >= 15 is 0 Å². The maximum Gasteiger partial charge on any atom is 0.134 e. The van der Waals surface area contributed by atoms with Crippen LogP contribution in [0.15, 0.2) is 48.7 Å². The van der Waals surface area contributed by atoms with E-state index in [1.807, 2.05) is 24.4 Å². The SMILES string of the molecule is CC(C)Nc1nc(-c2ccccc2)cc2cnc(NC3CCC(N)CC3)cc12. The predicted molar refractivity (Wildman–Crippen MR) is 118 cm³/mol. The van der Waals surface area contributed by atoms with Crippen molar-refractivity contribution in [3.63, 3.8) is 0 Å². The van der Waals surface area contributed by atoms with Gasteiger partial charge in [0, 0.05) is 40.7 Å². The van der Waals surface area contributed by atoms with Crippen LogP contribution in [0, 0.1) is 0 Å². The number of nitrogens with one attached hydrogen (secondary N) is 2. The maximum atomic E-state index is 6.03. The summed E-state index contributed by atoms with van der Waals surface area (Å²) in [5.74, 6) is 1.82. The van der Waals surface area contributed by atoms with Crippen molar-refractivity contribution < 1.29 is 0 Å². The highest BCUT2D eigenvalue weighted by Crippen LogP contribution is 2.30. The van der Waals surface area contributed by atoms with Gasteiger partial charge in [-0.1, -0.05) is 30.3 Å². The third-order valence-corrected chi connectivity index (χ3v) is 5.33. The zero-order valence-corrected chi connectivity index (χ0v) is 16.7. The number of hydrogen-bond acceptors (Lipinski definition) is 5. The highest BCUT2D eigenvalue weighted by atomic mass is 15.0. The molecule has 0 atom stereocenters. The highest BCUT2D eigenvalue weighted by molar-refractivity contribution is 5.95. The van der Waals surface area contributed by atoms with Crippen LogP contribution in [0.25, 0.3) is 22.0 Å². The van der Waals surface area contributed by atoms with E-state index in [1.165, 1.54) is 0 Å². The number of benzene rings is 1. The van der Waals surface area contributed by atoms with Crippen LogP contribution in [-0.2, 0) is 0 Å². The van der Waals surface area contributed by atoms with Gasteiger partial charge in [0.1, 0.15) is 11.6 Å². The molecule has 5 nitrogen and oxygen atoms in total. The monoisotopic (exact) mass is 375 g/mol. The first-order valence-corrected chi connectivity index (χ1v) is 10.2. The third-order valence-electron chi connectivity index (χ3n) is 5.33. The number of aromatic nitrogens is 2. The number of nitrogens with two attached hydrogens (primary N) is 1. The van der Waals surface area contributed by atoms with Crippen molar-refractivity contribution in [1.82, 2.24) is 9.97 Å². The molecule has 1 aromatic carbocycles. The largest absolute Gasteiger partial charge is 0.367 e. The molecule has 28 heavy (non-hydrogen) atoms. The van der Waals surface area contributed by atoms with Gasteiger partial charge >= 0.3 is 0 Å². The van der Waals surface area contributed by atoms with E-state index in [4.69, 9.17) is 10.7 Å². The van der Waals surface area contributed by atoms with Crippen LogP contribution in [0.2, 0.25) is 0 Å². The molecule has 0 unspecified atom stereocenters. The lowest BCUT2D eigenvalue weighted by atomic mass is 9.92. The molecule has 2 heterocycles. The lowest BCUT2D eigenvalue weighted by molar-refractivity contribution is 0.410. The fourth-order valence-corrected chi connectivity index (χ4v) is 3.84. The number of nitrogens with zero attached hydrogens (tertiary/aromatic N) is 2. The normalized spacial score (nSPS) is 19.7. The van der Waals surface area contributed by atoms with Crippen LogP contribution in [0.5, 0.6) is 0 Å². The Morgan fingerprint density at radius 3 is 2.50 bits per heavy atom. The Balaban J connectivity index is 1.68. The molecule has 1 aliphatic rings. The molecule has 0 spiro atoms. The number of pyridine rings is 2. The fraction of sp³-hybridized carbons (Fsp3) is 0.391. The molecular weight excluding hydrogens is 346 g/mol. The molecule has 5 heteroatoms. The maximum absolute atomic E-state index is 6.03. The summed E-state index contributed by atoms with van der Waals surface area (Å²) in [7, 11) is 0. The molecule has 0 radical (unpaired) electrons. The Hall–Kier alpha value is -2.66. The molecule has 0 amide bonds. The molecule has 3 aromatic rings. The second-order valence-corrected chi connectivity index (χ2v) is 8.07. The molecule has 146 valence electrons. The summed E-state index contributed by atoms with van der Waals surface area (Å²) >= 11 is 0. The van der Waals surface area contributed by atoms with Crippen LogP contribution < -0.4 is 16.4 Å². The Morgan fingerprint density at radius 1 is 1.04 bits per heavy atom. The quantitative estimate of drug-likeness (QED) is 0.597. The second-order valence-electron chi connectivity index (χ2n) is 8.07. The molecule has 1 aliphatic carbocycles. The lowest BCUT2D eigenvalue weighted by Crippen LogP contribution is -2.33. The molecule has 1 fully saturated rings. The van der Waals surface area contributed by atoms with E-state index in [-0.39, 0.29) is 0 Å².